The van der Waals surface area contributed by atoms with Gasteiger partial charge in [-0.05, 0) is 78.6 Å². The molecule has 0 N–H and O–H groups in total. The number of carbonyl (C=O) groups excluding carboxylic acids is 1. The number of benzene rings is 4. The summed E-state index contributed by atoms with van der Waals surface area (Å²) in [4.78, 5) is 12.6. The van der Waals surface area contributed by atoms with Gasteiger partial charge in [0.2, 0.25) is 5.82 Å². The van der Waals surface area contributed by atoms with Gasteiger partial charge in [0, 0.05) is 5.56 Å². The first-order valence-corrected chi connectivity index (χ1v) is 12.4. The third kappa shape index (κ3) is 6.17. The zero-order valence-corrected chi connectivity index (χ0v) is 21.1. The van der Waals surface area contributed by atoms with Crippen LogP contribution in [-0.2, 0) is 0 Å². The second-order valence-corrected chi connectivity index (χ2v) is 8.51. The lowest BCUT2D eigenvalue weighted by Gasteiger charge is -2.11. The van der Waals surface area contributed by atoms with Crippen molar-refractivity contribution in [1.29, 1.82) is 0 Å². The molecular weight excluding hydrogens is 493 g/mol. The number of esters is 1. The number of halogens is 3. The Morgan fingerprint density at radius 1 is 0.711 bits per heavy atom. The number of ether oxygens (including phenoxy) is 3. The van der Waals surface area contributed by atoms with Gasteiger partial charge in [-0.2, -0.15) is 4.39 Å². The second-order valence-electron chi connectivity index (χ2n) is 8.51. The Labute approximate surface area is 219 Å². The summed E-state index contributed by atoms with van der Waals surface area (Å²) < 4.78 is 59.8. The van der Waals surface area contributed by atoms with E-state index in [0.717, 1.165) is 12.8 Å². The van der Waals surface area contributed by atoms with Crippen LogP contribution >= 0.6 is 0 Å². The minimum Gasteiger partial charge on any atom is -0.494 e. The molecule has 0 atom stereocenters. The van der Waals surface area contributed by atoms with E-state index < -0.39 is 29.2 Å². The highest BCUT2D eigenvalue weighted by molar-refractivity contribution is 5.91. The van der Waals surface area contributed by atoms with E-state index in [0.29, 0.717) is 35.7 Å². The molecule has 0 aliphatic heterocycles. The normalized spacial score (nSPS) is 10.8. The van der Waals surface area contributed by atoms with Gasteiger partial charge in [-0.3, -0.25) is 0 Å². The van der Waals surface area contributed by atoms with Gasteiger partial charge in [-0.15, -0.1) is 0 Å². The van der Waals surface area contributed by atoms with Crippen molar-refractivity contribution in [2.24, 2.45) is 0 Å². The first-order valence-electron chi connectivity index (χ1n) is 12.4. The number of carbonyl (C=O) groups is 1. The number of rotatable bonds is 10. The van der Waals surface area contributed by atoms with Crippen LogP contribution in [0.2, 0.25) is 0 Å². The first-order chi connectivity index (χ1) is 18.4. The summed E-state index contributed by atoms with van der Waals surface area (Å²) in [7, 11) is 0. The summed E-state index contributed by atoms with van der Waals surface area (Å²) in [5.74, 6) is -3.45. The predicted octanol–water partition coefficient (Wildman–Crippen LogP) is 8.23. The number of hydrogen-bond donors (Lipinski definition) is 0. The Balaban J connectivity index is 1.45. The molecule has 4 rings (SSSR count). The molecule has 0 spiro atoms. The molecule has 196 valence electrons. The highest BCUT2D eigenvalue weighted by Crippen LogP contribution is 2.32. The van der Waals surface area contributed by atoms with Crippen molar-refractivity contribution in [3.63, 3.8) is 0 Å². The molecule has 0 fully saturated rings. The van der Waals surface area contributed by atoms with Crippen LogP contribution in [-0.4, -0.2) is 19.2 Å². The van der Waals surface area contributed by atoms with E-state index in [-0.39, 0.29) is 16.9 Å². The summed E-state index contributed by atoms with van der Waals surface area (Å²) in [6.45, 7) is 4.77. The standard InChI is InChI=1S/C31H27F3O4/c1-3-5-18-37-24-13-10-21(11-14-24)25-15-17-28(30(34)29(25)33)38-31(35)22-8-6-20(7-9-22)23-12-16-27(36-4-2)26(32)19-23/h6-17,19H,3-5,18H2,1-2H3. The van der Waals surface area contributed by atoms with Crippen molar-refractivity contribution in [3.8, 4) is 39.5 Å². The van der Waals surface area contributed by atoms with E-state index in [9.17, 15) is 18.0 Å². The average molecular weight is 521 g/mol. The van der Waals surface area contributed by atoms with Gasteiger partial charge in [-0.1, -0.05) is 43.7 Å². The molecule has 0 unspecified atom stereocenters. The molecule has 4 nitrogen and oxygen atoms in total. The molecule has 4 aromatic carbocycles. The summed E-state index contributed by atoms with van der Waals surface area (Å²) in [6, 6.07) is 20.0. The molecule has 4 aromatic rings. The van der Waals surface area contributed by atoms with Gasteiger partial charge in [0.15, 0.2) is 23.1 Å². The molecule has 38 heavy (non-hydrogen) atoms. The fourth-order valence-electron chi connectivity index (χ4n) is 3.81. The highest BCUT2D eigenvalue weighted by atomic mass is 19.2. The van der Waals surface area contributed by atoms with Crippen LogP contribution in [0.4, 0.5) is 13.2 Å². The predicted molar refractivity (Wildman–Crippen MR) is 140 cm³/mol. The molecule has 7 heteroatoms. The van der Waals surface area contributed by atoms with Crippen LogP contribution in [0.1, 0.15) is 37.0 Å². The Morgan fingerprint density at radius 3 is 2.03 bits per heavy atom. The minimum absolute atomic E-state index is 0.0364. The van der Waals surface area contributed by atoms with Gasteiger partial charge >= 0.3 is 5.97 Å². The lowest BCUT2D eigenvalue weighted by Crippen LogP contribution is -2.10. The van der Waals surface area contributed by atoms with E-state index in [4.69, 9.17) is 14.2 Å². The smallest absolute Gasteiger partial charge is 0.343 e. The van der Waals surface area contributed by atoms with Crippen molar-refractivity contribution in [1.82, 2.24) is 0 Å². The fourth-order valence-corrected chi connectivity index (χ4v) is 3.81. The zero-order valence-electron chi connectivity index (χ0n) is 21.1. The average Bonchev–Trinajstić information content (AvgIpc) is 2.93. The van der Waals surface area contributed by atoms with Crippen LogP contribution in [0.15, 0.2) is 78.9 Å². The van der Waals surface area contributed by atoms with Gasteiger partial charge in [0.1, 0.15) is 5.75 Å². The SMILES string of the molecule is CCCCOc1ccc(-c2ccc(OC(=O)c3ccc(-c4ccc(OCC)c(F)c4)cc3)c(F)c2F)cc1. The molecule has 0 aliphatic carbocycles. The molecule has 0 aliphatic rings. The first kappa shape index (κ1) is 26.8. The maximum atomic E-state index is 14.9. The number of unbranched alkanes of at least 4 members (excludes halogenated alkanes) is 1. The van der Waals surface area contributed by atoms with Gasteiger partial charge in [0.25, 0.3) is 0 Å². The third-order valence-electron chi connectivity index (χ3n) is 5.87. The maximum Gasteiger partial charge on any atom is 0.343 e. The second kappa shape index (κ2) is 12.3. The van der Waals surface area contributed by atoms with Crippen molar-refractivity contribution in [2.75, 3.05) is 13.2 Å². The van der Waals surface area contributed by atoms with Gasteiger partial charge in [-0.25, -0.2) is 13.6 Å². The Kier molecular flexibility index (Phi) is 8.69. The van der Waals surface area contributed by atoms with E-state index in [1.165, 1.54) is 36.4 Å². The molecule has 0 aromatic heterocycles. The number of hydrogen-bond acceptors (Lipinski definition) is 4. The van der Waals surface area contributed by atoms with Gasteiger partial charge < -0.3 is 14.2 Å². The summed E-state index contributed by atoms with van der Waals surface area (Å²) in [5, 5.41) is 0. The van der Waals surface area contributed by atoms with E-state index in [2.05, 4.69) is 6.92 Å². The molecule has 0 radical (unpaired) electrons. The monoisotopic (exact) mass is 520 g/mol. The largest absolute Gasteiger partial charge is 0.494 e. The van der Waals surface area contributed by atoms with Crippen LogP contribution in [0, 0.1) is 17.5 Å². The quantitative estimate of drug-likeness (QED) is 0.120. The maximum absolute atomic E-state index is 14.9. The molecule has 0 heterocycles. The summed E-state index contributed by atoms with van der Waals surface area (Å²) in [6.07, 6.45) is 1.93. The molecular formula is C31H27F3O4. The third-order valence-corrected chi connectivity index (χ3v) is 5.87. The van der Waals surface area contributed by atoms with E-state index in [1.54, 1.807) is 49.4 Å². The highest BCUT2D eigenvalue weighted by Gasteiger charge is 2.19. The van der Waals surface area contributed by atoms with E-state index in [1.807, 2.05) is 0 Å². The lowest BCUT2D eigenvalue weighted by molar-refractivity contribution is 0.0726. The Hall–Kier alpha value is -4.26. The van der Waals surface area contributed by atoms with Crippen LogP contribution < -0.4 is 14.2 Å². The van der Waals surface area contributed by atoms with Crippen molar-refractivity contribution < 1.29 is 32.2 Å². The molecule has 0 bridgehead atoms. The zero-order chi connectivity index (χ0) is 27.1. The Bertz CT molecular complexity index is 1400. The van der Waals surface area contributed by atoms with Crippen molar-refractivity contribution in [2.45, 2.75) is 26.7 Å². The van der Waals surface area contributed by atoms with Gasteiger partial charge in [0.05, 0.1) is 18.8 Å². The lowest BCUT2D eigenvalue weighted by atomic mass is 10.0. The van der Waals surface area contributed by atoms with Crippen LogP contribution in [0.3, 0.4) is 0 Å². The summed E-state index contributed by atoms with van der Waals surface area (Å²) in [5.41, 5.74) is 1.88. The van der Waals surface area contributed by atoms with E-state index >= 15 is 0 Å². The Morgan fingerprint density at radius 2 is 1.37 bits per heavy atom. The fraction of sp³-hybridized carbons (Fsp3) is 0.194. The molecule has 0 amide bonds. The van der Waals surface area contributed by atoms with Crippen LogP contribution in [0.5, 0.6) is 17.2 Å². The minimum atomic E-state index is -1.26. The molecule has 0 saturated carbocycles. The van der Waals surface area contributed by atoms with Crippen LogP contribution in [0.25, 0.3) is 22.3 Å². The topological polar surface area (TPSA) is 44.8 Å². The summed E-state index contributed by atoms with van der Waals surface area (Å²) >= 11 is 0. The van der Waals surface area contributed by atoms with Crippen molar-refractivity contribution in [3.05, 3.63) is 102 Å². The van der Waals surface area contributed by atoms with Crippen molar-refractivity contribution >= 4 is 5.97 Å². The molecule has 0 saturated heterocycles.